The lowest BCUT2D eigenvalue weighted by atomic mass is 9.81. The Morgan fingerprint density at radius 1 is 1.44 bits per heavy atom. The van der Waals surface area contributed by atoms with Crippen molar-refractivity contribution in [1.82, 2.24) is 9.80 Å². The average Bonchev–Trinajstić information content (AvgIpc) is 2.33. The first-order chi connectivity index (χ1) is 8.51. The van der Waals surface area contributed by atoms with Gasteiger partial charge in [0.2, 0.25) is 5.91 Å². The SMILES string of the molecule is CN(C)CC(=O)N1CCOC2(CCC(N)CC2)C1. The van der Waals surface area contributed by atoms with Crippen LogP contribution in [0.4, 0.5) is 0 Å². The van der Waals surface area contributed by atoms with Crippen LogP contribution in [0, 0.1) is 0 Å². The summed E-state index contributed by atoms with van der Waals surface area (Å²) in [6, 6.07) is 0.312. The highest BCUT2D eigenvalue weighted by molar-refractivity contribution is 5.78. The fourth-order valence-corrected chi connectivity index (χ4v) is 2.90. The molecule has 1 saturated heterocycles. The van der Waals surface area contributed by atoms with Crippen molar-refractivity contribution in [1.29, 1.82) is 0 Å². The molecule has 0 bridgehead atoms. The molecule has 2 fully saturated rings. The second kappa shape index (κ2) is 5.55. The van der Waals surface area contributed by atoms with Crippen molar-refractivity contribution in [3.05, 3.63) is 0 Å². The van der Waals surface area contributed by atoms with Gasteiger partial charge in [0.1, 0.15) is 0 Å². The van der Waals surface area contributed by atoms with Crippen LogP contribution >= 0.6 is 0 Å². The molecular weight excluding hydrogens is 230 g/mol. The number of carbonyl (C=O) groups excluding carboxylic acids is 1. The number of nitrogens with two attached hydrogens (primary N) is 1. The summed E-state index contributed by atoms with van der Waals surface area (Å²) in [6.45, 7) is 2.61. The molecule has 0 radical (unpaired) electrons. The van der Waals surface area contributed by atoms with Crippen LogP contribution in [0.15, 0.2) is 0 Å². The Labute approximate surface area is 109 Å². The molecule has 0 aromatic rings. The Morgan fingerprint density at radius 3 is 2.72 bits per heavy atom. The monoisotopic (exact) mass is 255 g/mol. The van der Waals surface area contributed by atoms with E-state index in [1.807, 2.05) is 23.9 Å². The first-order valence-electron chi connectivity index (χ1n) is 6.83. The number of hydrogen-bond donors (Lipinski definition) is 1. The average molecular weight is 255 g/mol. The Morgan fingerprint density at radius 2 is 2.11 bits per heavy atom. The van der Waals surface area contributed by atoms with Gasteiger partial charge in [0.25, 0.3) is 0 Å². The van der Waals surface area contributed by atoms with E-state index in [0.29, 0.717) is 19.2 Å². The van der Waals surface area contributed by atoms with E-state index in [9.17, 15) is 4.79 Å². The van der Waals surface area contributed by atoms with Crippen molar-refractivity contribution in [2.45, 2.75) is 37.3 Å². The van der Waals surface area contributed by atoms with Crippen molar-refractivity contribution in [3.63, 3.8) is 0 Å². The molecule has 2 rings (SSSR count). The van der Waals surface area contributed by atoms with E-state index in [-0.39, 0.29) is 11.5 Å². The van der Waals surface area contributed by atoms with E-state index in [2.05, 4.69) is 0 Å². The lowest BCUT2D eigenvalue weighted by molar-refractivity contribution is -0.157. The molecule has 1 aliphatic heterocycles. The Hall–Kier alpha value is -0.650. The molecule has 0 aromatic heterocycles. The molecule has 104 valence electrons. The third-order valence-electron chi connectivity index (χ3n) is 3.99. The number of rotatable bonds is 2. The molecule has 1 amide bonds. The Bertz CT molecular complexity index is 299. The second-order valence-corrected chi connectivity index (χ2v) is 5.92. The van der Waals surface area contributed by atoms with E-state index < -0.39 is 0 Å². The van der Waals surface area contributed by atoms with Crippen LogP contribution in [0.1, 0.15) is 25.7 Å². The van der Waals surface area contributed by atoms with Gasteiger partial charge in [-0.3, -0.25) is 4.79 Å². The largest absolute Gasteiger partial charge is 0.371 e. The van der Waals surface area contributed by atoms with Gasteiger partial charge in [-0.15, -0.1) is 0 Å². The molecule has 0 unspecified atom stereocenters. The minimum atomic E-state index is -0.115. The van der Waals surface area contributed by atoms with Gasteiger partial charge in [-0.1, -0.05) is 0 Å². The summed E-state index contributed by atoms with van der Waals surface area (Å²) in [4.78, 5) is 16.0. The predicted molar refractivity (Wildman–Crippen MR) is 70.3 cm³/mol. The molecule has 18 heavy (non-hydrogen) atoms. The van der Waals surface area contributed by atoms with Gasteiger partial charge >= 0.3 is 0 Å². The number of nitrogens with zero attached hydrogens (tertiary/aromatic N) is 2. The zero-order valence-electron chi connectivity index (χ0n) is 11.5. The maximum atomic E-state index is 12.1. The standard InChI is InChI=1S/C13H25N3O2/c1-15(2)9-12(17)16-7-8-18-13(10-16)5-3-11(14)4-6-13/h11H,3-10,14H2,1-2H3. The lowest BCUT2D eigenvalue weighted by Gasteiger charge is -2.46. The molecule has 2 aliphatic rings. The molecular formula is C13H25N3O2. The molecule has 1 heterocycles. The van der Waals surface area contributed by atoms with Gasteiger partial charge in [-0.2, -0.15) is 0 Å². The number of likely N-dealkylation sites (N-methyl/N-ethyl adjacent to an activating group) is 1. The topological polar surface area (TPSA) is 58.8 Å². The number of morpholine rings is 1. The van der Waals surface area contributed by atoms with E-state index in [1.165, 1.54) is 0 Å². The van der Waals surface area contributed by atoms with E-state index in [1.54, 1.807) is 0 Å². The quantitative estimate of drug-likeness (QED) is 0.757. The van der Waals surface area contributed by atoms with Crippen LogP contribution in [-0.4, -0.2) is 67.7 Å². The fourth-order valence-electron chi connectivity index (χ4n) is 2.90. The molecule has 5 heteroatoms. The normalized spacial score (nSPS) is 33.1. The number of amides is 1. The minimum absolute atomic E-state index is 0.115. The van der Waals surface area contributed by atoms with Gasteiger partial charge in [0.05, 0.1) is 18.8 Å². The number of hydrogen-bond acceptors (Lipinski definition) is 4. The van der Waals surface area contributed by atoms with Crippen molar-refractivity contribution in [3.8, 4) is 0 Å². The third-order valence-corrected chi connectivity index (χ3v) is 3.99. The van der Waals surface area contributed by atoms with Gasteiger partial charge in [-0.25, -0.2) is 0 Å². The van der Waals surface area contributed by atoms with Gasteiger partial charge in [0.15, 0.2) is 0 Å². The number of carbonyl (C=O) groups is 1. The van der Waals surface area contributed by atoms with Gasteiger partial charge in [0, 0.05) is 19.1 Å². The van der Waals surface area contributed by atoms with E-state index in [0.717, 1.165) is 38.8 Å². The third kappa shape index (κ3) is 3.22. The molecule has 1 saturated carbocycles. The highest BCUT2D eigenvalue weighted by Gasteiger charge is 2.40. The smallest absolute Gasteiger partial charge is 0.236 e. The molecule has 1 aliphatic carbocycles. The summed E-state index contributed by atoms with van der Waals surface area (Å²) in [5.74, 6) is 0.206. The zero-order chi connectivity index (χ0) is 13.2. The Balaban J connectivity index is 1.94. The zero-order valence-corrected chi connectivity index (χ0v) is 11.5. The maximum Gasteiger partial charge on any atom is 0.236 e. The summed E-state index contributed by atoms with van der Waals surface area (Å²) in [5, 5.41) is 0. The molecule has 1 spiro atoms. The van der Waals surface area contributed by atoms with Gasteiger partial charge < -0.3 is 20.3 Å². The van der Waals surface area contributed by atoms with Crippen LogP contribution in [0.3, 0.4) is 0 Å². The van der Waals surface area contributed by atoms with E-state index >= 15 is 0 Å². The minimum Gasteiger partial charge on any atom is -0.371 e. The van der Waals surface area contributed by atoms with Crippen molar-refractivity contribution < 1.29 is 9.53 Å². The first kappa shape index (κ1) is 13.8. The first-order valence-corrected chi connectivity index (χ1v) is 6.83. The van der Waals surface area contributed by atoms with Crippen molar-refractivity contribution in [2.24, 2.45) is 5.73 Å². The highest BCUT2D eigenvalue weighted by Crippen LogP contribution is 2.34. The molecule has 2 N–H and O–H groups in total. The van der Waals surface area contributed by atoms with Crippen molar-refractivity contribution in [2.75, 3.05) is 40.3 Å². The summed E-state index contributed by atoms with van der Waals surface area (Å²) in [6.07, 6.45) is 3.99. The molecule has 5 nitrogen and oxygen atoms in total. The van der Waals surface area contributed by atoms with Crippen LogP contribution < -0.4 is 5.73 Å². The highest BCUT2D eigenvalue weighted by atomic mass is 16.5. The van der Waals surface area contributed by atoms with Crippen LogP contribution in [0.25, 0.3) is 0 Å². The van der Waals surface area contributed by atoms with Crippen molar-refractivity contribution >= 4 is 5.91 Å². The van der Waals surface area contributed by atoms with E-state index in [4.69, 9.17) is 10.5 Å². The summed E-state index contributed by atoms with van der Waals surface area (Å²) in [7, 11) is 3.85. The number of ether oxygens (including phenoxy) is 1. The summed E-state index contributed by atoms with van der Waals surface area (Å²) < 4.78 is 5.98. The maximum absolute atomic E-state index is 12.1. The summed E-state index contributed by atoms with van der Waals surface area (Å²) >= 11 is 0. The second-order valence-electron chi connectivity index (χ2n) is 5.92. The fraction of sp³-hybridized carbons (Fsp3) is 0.923. The predicted octanol–water partition coefficient (Wildman–Crippen LogP) is 0.0469. The molecule has 0 atom stereocenters. The Kier molecular flexibility index (Phi) is 4.25. The lowest BCUT2D eigenvalue weighted by Crippen LogP contribution is -2.57. The van der Waals surface area contributed by atoms with Gasteiger partial charge in [-0.05, 0) is 39.8 Å². The van der Waals surface area contributed by atoms with Crippen LogP contribution in [-0.2, 0) is 9.53 Å². The summed E-state index contributed by atoms with van der Waals surface area (Å²) in [5.41, 5.74) is 5.83. The van der Waals surface area contributed by atoms with Crippen LogP contribution in [0.2, 0.25) is 0 Å². The van der Waals surface area contributed by atoms with Crippen LogP contribution in [0.5, 0.6) is 0 Å². The molecule has 0 aromatic carbocycles.